The second kappa shape index (κ2) is 12.6. The van der Waals surface area contributed by atoms with Crippen molar-refractivity contribution < 1.29 is 38.0 Å². The molecule has 0 bridgehead atoms. The monoisotopic (exact) mass is 458 g/mol. The van der Waals surface area contributed by atoms with Crippen LogP contribution in [-0.2, 0) is 14.3 Å². The molecule has 8 nitrogen and oxygen atoms in total. The highest BCUT2D eigenvalue weighted by molar-refractivity contribution is 5.92. The quantitative estimate of drug-likeness (QED) is 0.192. The largest absolute Gasteiger partial charge is 0.461 e. The van der Waals surface area contributed by atoms with E-state index < -0.39 is 24.5 Å². The normalized spacial score (nSPS) is 12.4. The summed E-state index contributed by atoms with van der Waals surface area (Å²) in [5, 5.41) is 0. The Morgan fingerprint density at radius 2 is 1.33 bits per heavy atom. The second-order valence-corrected chi connectivity index (χ2v) is 6.97. The van der Waals surface area contributed by atoms with E-state index in [1.807, 2.05) is 13.8 Å². The first-order valence-corrected chi connectivity index (χ1v) is 10.6. The third-order valence-electron chi connectivity index (χ3n) is 4.16. The summed E-state index contributed by atoms with van der Waals surface area (Å²) in [6.07, 6.45) is -1.06. The summed E-state index contributed by atoms with van der Waals surface area (Å²) in [5.74, 6) is 0.190. The van der Waals surface area contributed by atoms with Crippen molar-refractivity contribution >= 4 is 11.9 Å². The van der Waals surface area contributed by atoms with Crippen molar-refractivity contribution in [2.75, 3.05) is 13.2 Å². The third kappa shape index (κ3) is 8.25. The molecule has 0 radical (unpaired) electrons. The Kier molecular flexibility index (Phi) is 9.90. The zero-order valence-corrected chi connectivity index (χ0v) is 19.6. The van der Waals surface area contributed by atoms with Gasteiger partial charge in [0.2, 0.25) is 0 Å². The van der Waals surface area contributed by atoms with Crippen LogP contribution >= 0.6 is 0 Å². The molecule has 0 aliphatic carbocycles. The van der Waals surface area contributed by atoms with E-state index in [1.54, 1.807) is 32.9 Å². The minimum Gasteiger partial charge on any atom is -0.461 e. The van der Waals surface area contributed by atoms with Crippen molar-refractivity contribution in [3.63, 3.8) is 0 Å². The smallest absolute Gasteiger partial charge is 0.343 e. The Morgan fingerprint density at radius 1 is 0.818 bits per heavy atom. The van der Waals surface area contributed by atoms with Crippen molar-refractivity contribution in [3.05, 3.63) is 60.2 Å². The number of rotatable bonds is 12. The molecule has 2 rings (SSSR count). The van der Waals surface area contributed by atoms with Gasteiger partial charge in [-0.05, 0) is 77.1 Å². The van der Waals surface area contributed by atoms with Crippen molar-refractivity contribution in [2.24, 2.45) is 0 Å². The number of benzene rings is 2. The van der Waals surface area contributed by atoms with Gasteiger partial charge in [-0.1, -0.05) is 6.58 Å². The minimum absolute atomic E-state index is 0.253. The van der Waals surface area contributed by atoms with E-state index in [2.05, 4.69) is 6.58 Å². The number of carbonyl (C=O) groups is 2. The molecule has 2 atom stereocenters. The van der Waals surface area contributed by atoms with Gasteiger partial charge in [0.25, 0.3) is 0 Å². The van der Waals surface area contributed by atoms with Crippen LogP contribution in [0.15, 0.2) is 54.6 Å². The Morgan fingerprint density at radius 3 is 1.85 bits per heavy atom. The zero-order valence-electron chi connectivity index (χ0n) is 19.6. The Bertz CT molecular complexity index is 951. The molecule has 0 saturated heterocycles. The van der Waals surface area contributed by atoms with Gasteiger partial charge < -0.3 is 28.4 Å². The lowest BCUT2D eigenvalue weighted by Gasteiger charge is -2.20. The van der Waals surface area contributed by atoms with Gasteiger partial charge in [-0.25, -0.2) is 9.59 Å². The molecule has 0 spiro atoms. The van der Waals surface area contributed by atoms with E-state index in [1.165, 1.54) is 30.3 Å². The molecule has 2 aromatic rings. The molecule has 0 N–H and O–H groups in total. The van der Waals surface area contributed by atoms with Crippen molar-refractivity contribution in [1.29, 1.82) is 0 Å². The van der Waals surface area contributed by atoms with Crippen LogP contribution in [0, 0.1) is 0 Å². The fraction of sp³-hybridized carbons (Fsp3) is 0.360. The average molecular weight is 459 g/mol. The van der Waals surface area contributed by atoms with E-state index in [-0.39, 0.29) is 16.9 Å². The van der Waals surface area contributed by atoms with Gasteiger partial charge in [-0.3, -0.25) is 0 Å². The van der Waals surface area contributed by atoms with Gasteiger partial charge in [0.1, 0.15) is 11.5 Å². The number of ether oxygens (including phenoxy) is 6. The lowest BCUT2D eigenvalue weighted by Crippen LogP contribution is -2.20. The molecule has 0 aliphatic heterocycles. The molecule has 0 heterocycles. The lowest BCUT2D eigenvalue weighted by molar-refractivity contribution is -0.130. The Balaban J connectivity index is 2.16. The summed E-state index contributed by atoms with van der Waals surface area (Å²) in [4.78, 5) is 24.3. The topological polar surface area (TPSA) is 89.5 Å². The van der Waals surface area contributed by atoms with Crippen LogP contribution in [0.5, 0.6) is 23.0 Å². The number of hydrogen-bond acceptors (Lipinski definition) is 8. The molecule has 0 amide bonds. The molecule has 0 fully saturated rings. The molecule has 0 saturated carbocycles. The molecule has 2 unspecified atom stereocenters. The number of carbonyl (C=O) groups excluding carboxylic acids is 2. The zero-order chi connectivity index (χ0) is 24.4. The van der Waals surface area contributed by atoms with Crippen LogP contribution in [0.4, 0.5) is 0 Å². The van der Waals surface area contributed by atoms with Crippen LogP contribution in [0.1, 0.15) is 45.0 Å². The van der Waals surface area contributed by atoms with Gasteiger partial charge in [0, 0.05) is 18.8 Å². The van der Waals surface area contributed by atoms with Gasteiger partial charge >= 0.3 is 11.9 Å². The van der Waals surface area contributed by atoms with Crippen molar-refractivity contribution in [3.8, 4) is 23.0 Å². The summed E-state index contributed by atoms with van der Waals surface area (Å²) in [5.41, 5.74) is 0.535. The highest BCUT2D eigenvalue weighted by atomic mass is 16.7. The number of esters is 2. The van der Waals surface area contributed by atoms with Gasteiger partial charge in [0.15, 0.2) is 24.1 Å². The maximum Gasteiger partial charge on any atom is 0.343 e. The van der Waals surface area contributed by atoms with Crippen LogP contribution < -0.4 is 18.9 Å². The maximum absolute atomic E-state index is 12.7. The predicted molar refractivity (Wildman–Crippen MR) is 122 cm³/mol. The van der Waals surface area contributed by atoms with Crippen LogP contribution in [0.25, 0.3) is 0 Å². The van der Waals surface area contributed by atoms with Gasteiger partial charge in [-0.15, -0.1) is 0 Å². The van der Waals surface area contributed by atoms with E-state index >= 15 is 0 Å². The van der Waals surface area contributed by atoms with Crippen molar-refractivity contribution in [2.45, 2.75) is 47.2 Å². The molecular formula is C25H30O8. The van der Waals surface area contributed by atoms with E-state index in [0.717, 1.165) is 0 Å². The Hall–Kier alpha value is -3.36. The summed E-state index contributed by atoms with van der Waals surface area (Å²) >= 11 is 0. The SMILES string of the molecule is C=C(C)C(=O)Oc1ccc(OC(=O)c2ccc(OC(C)OCC)c(OC(C)OCC)c2)cc1. The van der Waals surface area contributed by atoms with Crippen LogP contribution in [-0.4, -0.2) is 37.7 Å². The molecule has 8 heteroatoms. The fourth-order valence-corrected chi connectivity index (χ4v) is 2.66. The van der Waals surface area contributed by atoms with Crippen LogP contribution in [0.3, 0.4) is 0 Å². The number of hydrogen-bond donors (Lipinski definition) is 0. The van der Waals surface area contributed by atoms with E-state index in [0.29, 0.717) is 30.5 Å². The maximum atomic E-state index is 12.7. The molecule has 33 heavy (non-hydrogen) atoms. The summed E-state index contributed by atoms with van der Waals surface area (Å²) < 4.78 is 33.0. The Labute approximate surface area is 194 Å². The highest BCUT2D eigenvalue weighted by Crippen LogP contribution is 2.31. The molecule has 2 aromatic carbocycles. The molecule has 178 valence electrons. The fourth-order valence-electron chi connectivity index (χ4n) is 2.66. The van der Waals surface area contributed by atoms with Crippen LogP contribution in [0.2, 0.25) is 0 Å². The first-order chi connectivity index (χ1) is 15.7. The highest BCUT2D eigenvalue weighted by Gasteiger charge is 2.18. The van der Waals surface area contributed by atoms with Crippen molar-refractivity contribution in [1.82, 2.24) is 0 Å². The predicted octanol–water partition coefficient (Wildman–Crippen LogP) is 4.91. The second-order valence-electron chi connectivity index (χ2n) is 6.97. The van der Waals surface area contributed by atoms with Gasteiger partial charge in [-0.2, -0.15) is 0 Å². The molecule has 0 aliphatic rings. The summed E-state index contributed by atoms with van der Waals surface area (Å²) in [7, 11) is 0. The lowest BCUT2D eigenvalue weighted by atomic mass is 10.2. The standard InChI is InChI=1S/C25H30O8/c1-7-28-17(5)30-22-14-9-19(15-23(22)31-18(6)29-8-2)25(27)33-21-12-10-20(11-13-21)32-24(26)16(3)4/h9-15,17-18H,3,7-8H2,1-2,4-6H3. The first kappa shape index (κ1) is 25.9. The summed E-state index contributed by atoms with van der Waals surface area (Å²) in [6, 6.07) is 10.8. The van der Waals surface area contributed by atoms with E-state index in [4.69, 9.17) is 28.4 Å². The van der Waals surface area contributed by atoms with E-state index in [9.17, 15) is 9.59 Å². The minimum atomic E-state index is -0.597. The first-order valence-electron chi connectivity index (χ1n) is 10.6. The molecular weight excluding hydrogens is 428 g/mol. The van der Waals surface area contributed by atoms with Gasteiger partial charge in [0.05, 0.1) is 5.56 Å². The summed E-state index contributed by atoms with van der Waals surface area (Å²) in [6.45, 7) is 13.3. The average Bonchev–Trinajstić information content (AvgIpc) is 2.76. The third-order valence-corrected chi connectivity index (χ3v) is 4.16. The molecule has 0 aromatic heterocycles.